The van der Waals surface area contributed by atoms with Crippen molar-refractivity contribution in [1.82, 2.24) is 8.94 Å². The van der Waals surface area contributed by atoms with Crippen LogP contribution in [0.5, 0.6) is 0 Å². The standard InChI is InChI=1S/C19H16N2OS/c1-12-10-13(2)20-18-17(12)19(22)21(23-18)11-15-8-5-7-14-6-3-4-9-16(14)15/h3-10H,11H2,1-2H3. The molecule has 0 N–H and O–H groups in total. The lowest BCUT2D eigenvalue weighted by atomic mass is 10.0. The Labute approximate surface area is 138 Å². The van der Waals surface area contributed by atoms with E-state index in [1.165, 1.54) is 22.3 Å². The van der Waals surface area contributed by atoms with E-state index < -0.39 is 0 Å². The smallest absolute Gasteiger partial charge is 0.268 e. The fraction of sp³-hybridized carbons (Fsp3) is 0.158. The fourth-order valence-corrected chi connectivity index (χ4v) is 4.20. The molecule has 0 saturated heterocycles. The second-order valence-corrected chi connectivity index (χ2v) is 6.84. The highest BCUT2D eigenvalue weighted by atomic mass is 32.1. The summed E-state index contributed by atoms with van der Waals surface area (Å²) >= 11 is 1.45. The van der Waals surface area contributed by atoms with E-state index in [1.54, 1.807) is 0 Å². The van der Waals surface area contributed by atoms with Crippen molar-refractivity contribution >= 4 is 32.5 Å². The quantitative estimate of drug-likeness (QED) is 0.552. The van der Waals surface area contributed by atoms with Gasteiger partial charge in [0, 0.05) is 5.69 Å². The Balaban J connectivity index is 1.89. The van der Waals surface area contributed by atoms with E-state index in [0.717, 1.165) is 27.0 Å². The van der Waals surface area contributed by atoms with Gasteiger partial charge in [-0.05, 0) is 53.3 Å². The Bertz CT molecular complexity index is 1090. The Morgan fingerprint density at radius 3 is 2.74 bits per heavy atom. The molecule has 4 aromatic rings. The topological polar surface area (TPSA) is 34.9 Å². The first kappa shape index (κ1) is 14.2. The van der Waals surface area contributed by atoms with Crippen LogP contribution in [0.3, 0.4) is 0 Å². The molecule has 0 radical (unpaired) electrons. The number of hydrogen-bond acceptors (Lipinski definition) is 3. The highest BCUT2D eigenvalue weighted by Crippen LogP contribution is 2.23. The molecule has 2 aromatic heterocycles. The van der Waals surface area contributed by atoms with Crippen molar-refractivity contribution in [2.45, 2.75) is 20.4 Å². The minimum atomic E-state index is 0.0583. The molecule has 0 aliphatic heterocycles. The zero-order valence-electron chi connectivity index (χ0n) is 13.0. The number of nitrogens with zero attached hydrogens (tertiary/aromatic N) is 2. The van der Waals surface area contributed by atoms with E-state index in [1.807, 2.05) is 42.1 Å². The van der Waals surface area contributed by atoms with Gasteiger partial charge in [0.05, 0.1) is 11.9 Å². The summed E-state index contributed by atoms with van der Waals surface area (Å²) in [6.07, 6.45) is 0. The van der Waals surface area contributed by atoms with E-state index in [9.17, 15) is 4.79 Å². The van der Waals surface area contributed by atoms with Gasteiger partial charge in [-0.2, -0.15) is 0 Å². The van der Waals surface area contributed by atoms with Gasteiger partial charge >= 0.3 is 0 Å². The molecule has 0 spiro atoms. The summed E-state index contributed by atoms with van der Waals surface area (Å²) < 4.78 is 1.81. The largest absolute Gasteiger partial charge is 0.270 e. The number of benzene rings is 2. The number of hydrogen-bond donors (Lipinski definition) is 0. The molecule has 0 bridgehead atoms. The lowest BCUT2D eigenvalue weighted by Crippen LogP contribution is -2.14. The molecule has 2 heterocycles. The molecule has 0 aliphatic rings. The van der Waals surface area contributed by atoms with Crippen LogP contribution in [-0.2, 0) is 6.54 Å². The molecule has 0 aliphatic carbocycles. The molecule has 4 heteroatoms. The maximum absolute atomic E-state index is 12.7. The van der Waals surface area contributed by atoms with Crippen molar-refractivity contribution < 1.29 is 0 Å². The van der Waals surface area contributed by atoms with Gasteiger partial charge in [0.15, 0.2) is 0 Å². The van der Waals surface area contributed by atoms with E-state index in [-0.39, 0.29) is 5.56 Å². The normalized spacial score (nSPS) is 11.4. The average Bonchev–Trinajstić information content (AvgIpc) is 2.84. The second-order valence-electron chi connectivity index (χ2n) is 5.83. The van der Waals surface area contributed by atoms with Gasteiger partial charge < -0.3 is 0 Å². The molecular weight excluding hydrogens is 304 g/mol. The van der Waals surface area contributed by atoms with Crippen molar-refractivity contribution in [1.29, 1.82) is 0 Å². The van der Waals surface area contributed by atoms with Crippen LogP contribution in [0.15, 0.2) is 53.3 Å². The minimum Gasteiger partial charge on any atom is -0.268 e. The summed E-state index contributed by atoms with van der Waals surface area (Å²) in [5, 5.41) is 3.14. The van der Waals surface area contributed by atoms with Gasteiger partial charge in [0.2, 0.25) is 0 Å². The first-order valence-electron chi connectivity index (χ1n) is 7.58. The molecular formula is C19H16N2OS. The van der Waals surface area contributed by atoms with Crippen LogP contribution < -0.4 is 5.56 Å². The van der Waals surface area contributed by atoms with Crippen LogP contribution >= 0.6 is 11.5 Å². The first-order chi connectivity index (χ1) is 11.1. The third-order valence-electron chi connectivity index (χ3n) is 4.14. The summed E-state index contributed by atoms with van der Waals surface area (Å²) in [5.41, 5.74) is 3.17. The van der Waals surface area contributed by atoms with Crippen molar-refractivity contribution in [3.63, 3.8) is 0 Å². The van der Waals surface area contributed by atoms with Crippen LogP contribution in [0.25, 0.3) is 21.0 Å². The number of aryl methyl sites for hydroxylation is 2. The predicted molar refractivity (Wildman–Crippen MR) is 96.4 cm³/mol. The summed E-state index contributed by atoms with van der Waals surface area (Å²) in [6, 6.07) is 16.5. The summed E-state index contributed by atoms with van der Waals surface area (Å²) in [6.45, 7) is 4.53. The Morgan fingerprint density at radius 1 is 1.09 bits per heavy atom. The summed E-state index contributed by atoms with van der Waals surface area (Å²) in [4.78, 5) is 18.1. The van der Waals surface area contributed by atoms with Gasteiger partial charge in [-0.25, -0.2) is 4.98 Å². The Morgan fingerprint density at radius 2 is 1.87 bits per heavy atom. The van der Waals surface area contributed by atoms with Gasteiger partial charge in [-0.3, -0.25) is 8.75 Å². The van der Waals surface area contributed by atoms with E-state index in [2.05, 4.69) is 29.2 Å². The maximum atomic E-state index is 12.7. The van der Waals surface area contributed by atoms with Crippen molar-refractivity contribution in [2.75, 3.05) is 0 Å². The molecule has 0 fully saturated rings. The third-order valence-corrected chi connectivity index (χ3v) is 5.13. The zero-order chi connectivity index (χ0) is 16.0. The van der Waals surface area contributed by atoms with Crippen LogP contribution in [0.2, 0.25) is 0 Å². The number of pyridine rings is 1. The SMILES string of the molecule is Cc1cc(C)c2c(=O)n(Cc3cccc4ccccc34)sc2n1. The van der Waals surface area contributed by atoms with Crippen LogP contribution in [0.4, 0.5) is 0 Å². The lowest BCUT2D eigenvalue weighted by molar-refractivity contribution is 0.860. The fourth-order valence-electron chi connectivity index (χ4n) is 3.09. The van der Waals surface area contributed by atoms with E-state index >= 15 is 0 Å². The highest BCUT2D eigenvalue weighted by Gasteiger charge is 2.13. The van der Waals surface area contributed by atoms with E-state index in [0.29, 0.717) is 6.54 Å². The second kappa shape index (κ2) is 5.32. The molecule has 0 unspecified atom stereocenters. The third kappa shape index (κ3) is 2.35. The molecule has 23 heavy (non-hydrogen) atoms. The minimum absolute atomic E-state index is 0.0583. The molecule has 3 nitrogen and oxygen atoms in total. The zero-order valence-corrected chi connectivity index (χ0v) is 13.9. The van der Waals surface area contributed by atoms with Gasteiger partial charge in [-0.15, -0.1) is 0 Å². The molecule has 0 atom stereocenters. The van der Waals surface area contributed by atoms with Crippen molar-refractivity contribution in [2.24, 2.45) is 0 Å². The van der Waals surface area contributed by atoms with Gasteiger partial charge in [0.25, 0.3) is 5.56 Å². The monoisotopic (exact) mass is 320 g/mol. The first-order valence-corrected chi connectivity index (χ1v) is 8.35. The lowest BCUT2D eigenvalue weighted by Gasteiger charge is -2.06. The van der Waals surface area contributed by atoms with Crippen LogP contribution in [0, 0.1) is 13.8 Å². The van der Waals surface area contributed by atoms with Crippen molar-refractivity contribution in [3.8, 4) is 0 Å². The molecule has 0 amide bonds. The molecule has 4 rings (SSSR count). The number of rotatable bonds is 2. The summed E-state index contributed by atoms with van der Waals surface area (Å²) in [5.74, 6) is 0. The highest BCUT2D eigenvalue weighted by molar-refractivity contribution is 7.13. The van der Waals surface area contributed by atoms with Crippen LogP contribution in [-0.4, -0.2) is 8.94 Å². The number of fused-ring (bicyclic) bond motifs is 2. The molecule has 2 aromatic carbocycles. The summed E-state index contributed by atoms with van der Waals surface area (Å²) in [7, 11) is 0. The predicted octanol–water partition coefficient (Wildman–Crippen LogP) is 4.28. The Hall–Kier alpha value is -2.46. The molecule has 114 valence electrons. The maximum Gasteiger partial charge on any atom is 0.270 e. The van der Waals surface area contributed by atoms with E-state index in [4.69, 9.17) is 0 Å². The van der Waals surface area contributed by atoms with Crippen LogP contribution in [0.1, 0.15) is 16.8 Å². The van der Waals surface area contributed by atoms with Gasteiger partial charge in [-0.1, -0.05) is 42.5 Å². The average molecular weight is 320 g/mol. The Kier molecular flexibility index (Phi) is 3.27. The van der Waals surface area contributed by atoms with Crippen molar-refractivity contribution in [3.05, 3.63) is 75.7 Å². The number of aromatic nitrogens is 2. The molecule has 0 saturated carbocycles. The van der Waals surface area contributed by atoms with Gasteiger partial charge in [0.1, 0.15) is 4.83 Å².